The predicted octanol–water partition coefficient (Wildman–Crippen LogP) is 4.85. The van der Waals surface area contributed by atoms with Gasteiger partial charge in [-0.15, -0.1) is 0 Å². The van der Waals surface area contributed by atoms with E-state index in [1.165, 1.54) is 36.0 Å². The first-order chi connectivity index (χ1) is 10.2. The predicted molar refractivity (Wildman–Crippen MR) is 86.8 cm³/mol. The molecule has 1 nitrogen and oxygen atoms in total. The van der Waals surface area contributed by atoms with E-state index in [9.17, 15) is 4.79 Å². The zero-order chi connectivity index (χ0) is 14.7. The number of halogens is 1. The van der Waals surface area contributed by atoms with Crippen molar-refractivity contribution in [3.8, 4) is 0 Å². The molecule has 0 N–H and O–H groups in total. The second-order valence-corrected chi connectivity index (χ2v) is 6.18. The van der Waals surface area contributed by atoms with E-state index in [1.54, 1.807) is 0 Å². The highest BCUT2D eigenvalue weighted by Crippen LogP contribution is 2.32. The van der Waals surface area contributed by atoms with E-state index < -0.39 is 0 Å². The first kappa shape index (κ1) is 14.3. The molecule has 0 aromatic heterocycles. The monoisotopic (exact) mass is 298 g/mol. The van der Waals surface area contributed by atoms with Crippen molar-refractivity contribution >= 4 is 16.8 Å². The SMILES string of the molecule is O=C(Cl)CC(c1ccccc1)c1ccc2c(c1)CCCC2. The number of carbonyl (C=O) groups is 1. The quantitative estimate of drug-likeness (QED) is 0.737. The molecule has 0 spiro atoms. The molecule has 1 atom stereocenters. The van der Waals surface area contributed by atoms with Crippen LogP contribution in [0.15, 0.2) is 48.5 Å². The maximum Gasteiger partial charge on any atom is 0.222 e. The molecule has 2 heteroatoms. The number of hydrogen-bond donors (Lipinski definition) is 0. The summed E-state index contributed by atoms with van der Waals surface area (Å²) in [4.78, 5) is 11.5. The minimum absolute atomic E-state index is 0.0587. The summed E-state index contributed by atoms with van der Waals surface area (Å²) in [5.74, 6) is 0.0587. The number of aryl methyl sites for hydroxylation is 2. The Morgan fingerprint density at radius 3 is 2.38 bits per heavy atom. The highest BCUT2D eigenvalue weighted by molar-refractivity contribution is 6.63. The summed E-state index contributed by atoms with van der Waals surface area (Å²) in [5, 5.41) is -0.276. The van der Waals surface area contributed by atoms with Gasteiger partial charge in [-0.2, -0.15) is 0 Å². The lowest BCUT2D eigenvalue weighted by Crippen LogP contribution is -2.08. The molecule has 108 valence electrons. The van der Waals surface area contributed by atoms with Gasteiger partial charge in [-0.05, 0) is 59.5 Å². The third-order valence-electron chi connectivity index (χ3n) is 4.34. The van der Waals surface area contributed by atoms with Gasteiger partial charge >= 0.3 is 0 Å². The summed E-state index contributed by atoms with van der Waals surface area (Å²) in [7, 11) is 0. The van der Waals surface area contributed by atoms with Gasteiger partial charge in [0.1, 0.15) is 0 Å². The van der Waals surface area contributed by atoms with E-state index in [0.717, 1.165) is 12.0 Å². The largest absolute Gasteiger partial charge is 0.281 e. The summed E-state index contributed by atoms with van der Waals surface area (Å²) in [5.41, 5.74) is 5.27. The molecule has 0 aliphatic heterocycles. The maximum atomic E-state index is 11.5. The molecule has 1 unspecified atom stereocenters. The van der Waals surface area contributed by atoms with Gasteiger partial charge in [-0.25, -0.2) is 0 Å². The molecule has 0 radical (unpaired) electrons. The molecule has 1 aliphatic rings. The van der Waals surface area contributed by atoms with Gasteiger partial charge in [0, 0.05) is 12.3 Å². The van der Waals surface area contributed by atoms with Crippen LogP contribution in [0.4, 0.5) is 0 Å². The minimum atomic E-state index is -0.276. The fourth-order valence-electron chi connectivity index (χ4n) is 3.24. The van der Waals surface area contributed by atoms with E-state index in [2.05, 4.69) is 30.3 Å². The van der Waals surface area contributed by atoms with Crippen molar-refractivity contribution < 1.29 is 4.79 Å². The zero-order valence-corrected chi connectivity index (χ0v) is 12.8. The van der Waals surface area contributed by atoms with Crippen LogP contribution in [0.5, 0.6) is 0 Å². The molecule has 1 aliphatic carbocycles. The average molecular weight is 299 g/mol. The number of carbonyl (C=O) groups excluding carboxylic acids is 1. The van der Waals surface area contributed by atoms with Crippen LogP contribution in [0.25, 0.3) is 0 Å². The van der Waals surface area contributed by atoms with Crippen LogP contribution >= 0.6 is 11.6 Å². The van der Waals surface area contributed by atoms with Gasteiger partial charge in [0.2, 0.25) is 5.24 Å². The second kappa shape index (κ2) is 6.44. The molecule has 2 aromatic rings. The van der Waals surface area contributed by atoms with Gasteiger partial charge in [0.25, 0.3) is 0 Å². The number of fused-ring (bicyclic) bond motifs is 1. The van der Waals surface area contributed by atoms with Gasteiger partial charge < -0.3 is 0 Å². The molecular formula is C19H19ClO. The van der Waals surface area contributed by atoms with E-state index in [-0.39, 0.29) is 11.2 Å². The molecule has 0 heterocycles. The van der Waals surface area contributed by atoms with E-state index in [4.69, 9.17) is 11.6 Å². The third kappa shape index (κ3) is 3.36. The van der Waals surface area contributed by atoms with Crippen LogP contribution in [-0.4, -0.2) is 5.24 Å². The number of hydrogen-bond acceptors (Lipinski definition) is 1. The van der Waals surface area contributed by atoms with Crippen LogP contribution in [0.1, 0.15) is 47.4 Å². The van der Waals surface area contributed by atoms with Crippen molar-refractivity contribution in [1.29, 1.82) is 0 Å². The van der Waals surface area contributed by atoms with Crippen LogP contribution in [0.3, 0.4) is 0 Å². The molecule has 2 aromatic carbocycles. The molecule has 0 amide bonds. The van der Waals surface area contributed by atoms with Gasteiger partial charge in [0.15, 0.2) is 0 Å². The topological polar surface area (TPSA) is 17.1 Å². The Kier molecular flexibility index (Phi) is 4.40. The van der Waals surface area contributed by atoms with Crippen molar-refractivity contribution in [2.75, 3.05) is 0 Å². The molecule has 0 saturated carbocycles. The van der Waals surface area contributed by atoms with Crippen LogP contribution < -0.4 is 0 Å². The van der Waals surface area contributed by atoms with Crippen molar-refractivity contribution in [3.05, 3.63) is 70.8 Å². The highest BCUT2D eigenvalue weighted by atomic mass is 35.5. The second-order valence-electron chi connectivity index (χ2n) is 5.76. The van der Waals surface area contributed by atoms with Gasteiger partial charge in [0.05, 0.1) is 0 Å². The normalized spacial score (nSPS) is 15.3. The Balaban J connectivity index is 1.98. The molecular weight excluding hydrogens is 280 g/mol. The highest BCUT2D eigenvalue weighted by Gasteiger charge is 2.19. The fourth-order valence-corrected chi connectivity index (χ4v) is 3.40. The number of rotatable bonds is 4. The van der Waals surface area contributed by atoms with Crippen LogP contribution in [-0.2, 0) is 17.6 Å². The molecule has 21 heavy (non-hydrogen) atoms. The summed E-state index contributed by atoms with van der Waals surface area (Å²) in [6.45, 7) is 0. The Morgan fingerprint density at radius 1 is 0.952 bits per heavy atom. The number of benzene rings is 2. The van der Waals surface area contributed by atoms with E-state index >= 15 is 0 Å². The molecule has 0 fully saturated rings. The van der Waals surface area contributed by atoms with Crippen molar-refractivity contribution in [2.45, 2.75) is 38.0 Å². The minimum Gasteiger partial charge on any atom is -0.281 e. The van der Waals surface area contributed by atoms with Crippen LogP contribution in [0, 0.1) is 0 Å². The Bertz CT molecular complexity index is 633. The third-order valence-corrected chi connectivity index (χ3v) is 4.50. The fraction of sp³-hybridized carbons (Fsp3) is 0.316. The lowest BCUT2D eigenvalue weighted by molar-refractivity contribution is -0.111. The Hall–Kier alpha value is -1.60. The van der Waals surface area contributed by atoms with Gasteiger partial charge in [-0.3, -0.25) is 4.79 Å². The lowest BCUT2D eigenvalue weighted by Gasteiger charge is -2.21. The molecule has 0 saturated heterocycles. The summed E-state index contributed by atoms with van der Waals surface area (Å²) in [6, 6.07) is 16.9. The van der Waals surface area contributed by atoms with E-state index in [1.807, 2.05) is 18.2 Å². The molecule has 3 rings (SSSR count). The Morgan fingerprint density at radius 2 is 1.67 bits per heavy atom. The summed E-state index contributed by atoms with van der Waals surface area (Å²) < 4.78 is 0. The average Bonchev–Trinajstić information content (AvgIpc) is 2.53. The van der Waals surface area contributed by atoms with E-state index in [0.29, 0.717) is 6.42 Å². The zero-order valence-electron chi connectivity index (χ0n) is 12.0. The first-order valence-electron chi connectivity index (χ1n) is 7.59. The molecule has 0 bridgehead atoms. The van der Waals surface area contributed by atoms with Crippen LogP contribution in [0.2, 0.25) is 0 Å². The summed E-state index contributed by atoms with van der Waals surface area (Å²) >= 11 is 5.68. The maximum absolute atomic E-state index is 11.5. The van der Waals surface area contributed by atoms with Gasteiger partial charge in [-0.1, -0.05) is 48.5 Å². The van der Waals surface area contributed by atoms with Crippen molar-refractivity contribution in [1.82, 2.24) is 0 Å². The first-order valence-corrected chi connectivity index (χ1v) is 7.97. The smallest absolute Gasteiger partial charge is 0.222 e. The van der Waals surface area contributed by atoms with Crippen molar-refractivity contribution in [3.63, 3.8) is 0 Å². The lowest BCUT2D eigenvalue weighted by atomic mass is 9.84. The summed E-state index contributed by atoms with van der Waals surface area (Å²) in [6.07, 6.45) is 5.24. The Labute approximate surface area is 131 Å². The standard InChI is InChI=1S/C19H19ClO/c20-19(21)13-18(15-7-2-1-3-8-15)17-11-10-14-6-4-5-9-16(14)12-17/h1-3,7-8,10-12,18H,4-6,9,13H2. The van der Waals surface area contributed by atoms with Crippen molar-refractivity contribution in [2.24, 2.45) is 0 Å².